The number of methoxy groups -OCH3 is 2. The lowest BCUT2D eigenvalue weighted by atomic mass is 10.0. The summed E-state index contributed by atoms with van der Waals surface area (Å²) in [6.45, 7) is 4.46. The Balaban J connectivity index is 2.15. The number of anilines is 1. The lowest BCUT2D eigenvalue weighted by Gasteiger charge is -2.20. The van der Waals surface area contributed by atoms with Crippen LogP contribution in [0, 0.1) is 0 Å². The van der Waals surface area contributed by atoms with E-state index in [1.165, 1.54) is 6.26 Å². The van der Waals surface area contributed by atoms with Gasteiger partial charge in [0.25, 0.3) is 0 Å². The van der Waals surface area contributed by atoms with Crippen LogP contribution in [-0.2, 0) is 5.60 Å². The van der Waals surface area contributed by atoms with Crippen LogP contribution in [0.4, 0.5) is 5.69 Å². The molecule has 0 spiro atoms. The molecule has 1 aromatic carbocycles. The first kappa shape index (κ1) is 18.7. The summed E-state index contributed by atoms with van der Waals surface area (Å²) in [5.41, 5.74) is -0.404. The highest BCUT2D eigenvalue weighted by atomic mass is 16.5. The fourth-order valence-corrected chi connectivity index (χ4v) is 2.25. The van der Waals surface area contributed by atoms with Gasteiger partial charge in [0.05, 0.1) is 27.0 Å². The molecular formula is C18H25N3O4. The molecule has 1 unspecified atom stereocenters. The largest absolute Gasteiger partial charge is 0.493 e. The van der Waals surface area contributed by atoms with Crippen LogP contribution in [0.5, 0.6) is 11.5 Å². The Labute approximate surface area is 147 Å². The summed E-state index contributed by atoms with van der Waals surface area (Å²) in [5.74, 6) is 2.28. The number of aliphatic imine (C=N–C) groups is 1. The maximum Gasteiger partial charge on any atom is 0.195 e. The van der Waals surface area contributed by atoms with Crippen molar-refractivity contribution in [3.05, 3.63) is 42.4 Å². The number of ether oxygens (including phenoxy) is 2. The third-order valence-electron chi connectivity index (χ3n) is 3.59. The van der Waals surface area contributed by atoms with Crippen molar-refractivity contribution in [2.75, 3.05) is 32.6 Å². The molecule has 2 rings (SSSR count). The fraction of sp³-hybridized carbons (Fsp3) is 0.389. The molecule has 0 fully saturated rings. The van der Waals surface area contributed by atoms with Crippen molar-refractivity contribution >= 4 is 11.6 Å². The molecular weight excluding hydrogens is 322 g/mol. The Hall–Kier alpha value is -2.67. The van der Waals surface area contributed by atoms with Crippen molar-refractivity contribution in [3.63, 3.8) is 0 Å². The smallest absolute Gasteiger partial charge is 0.195 e. The summed E-state index contributed by atoms with van der Waals surface area (Å²) in [6, 6.07) is 8.95. The van der Waals surface area contributed by atoms with Crippen LogP contribution in [0.25, 0.3) is 0 Å². The minimum atomic E-state index is -1.19. The molecule has 7 heteroatoms. The van der Waals surface area contributed by atoms with Crippen molar-refractivity contribution in [2.24, 2.45) is 4.99 Å². The number of guanidine groups is 1. The molecule has 0 radical (unpaired) electrons. The number of nitrogens with one attached hydrogen (secondary N) is 2. The predicted molar refractivity (Wildman–Crippen MR) is 97.4 cm³/mol. The van der Waals surface area contributed by atoms with E-state index in [2.05, 4.69) is 15.6 Å². The first-order valence-electron chi connectivity index (χ1n) is 8.04. The highest BCUT2D eigenvalue weighted by Crippen LogP contribution is 2.29. The Bertz CT molecular complexity index is 696. The van der Waals surface area contributed by atoms with E-state index in [0.717, 1.165) is 5.69 Å². The number of hydrogen-bond donors (Lipinski definition) is 3. The molecule has 136 valence electrons. The number of hydrogen-bond acceptors (Lipinski definition) is 5. The van der Waals surface area contributed by atoms with E-state index >= 15 is 0 Å². The molecule has 7 nitrogen and oxygen atoms in total. The molecule has 0 aliphatic heterocycles. The van der Waals surface area contributed by atoms with Gasteiger partial charge in [-0.25, -0.2) is 4.99 Å². The molecule has 2 aromatic rings. The molecule has 1 heterocycles. The van der Waals surface area contributed by atoms with E-state index in [-0.39, 0.29) is 6.54 Å². The lowest BCUT2D eigenvalue weighted by molar-refractivity contribution is 0.0438. The SMILES string of the molecule is CCNC(=NCC(C)(O)c1ccco1)Nc1ccc(OC)c(OC)c1. The van der Waals surface area contributed by atoms with E-state index in [1.54, 1.807) is 33.3 Å². The maximum atomic E-state index is 10.5. The summed E-state index contributed by atoms with van der Waals surface area (Å²) in [5, 5.41) is 16.8. The molecule has 0 saturated heterocycles. The monoisotopic (exact) mass is 347 g/mol. The molecule has 0 aliphatic rings. The summed E-state index contributed by atoms with van der Waals surface area (Å²) in [7, 11) is 3.18. The number of aliphatic hydroxyl groups is 1. The van der Waals surface area contributed by atoms with Crippen LogP contribution in [0.15, 0.2) is 46.0 Å². The topological polar surface area (TPSA) is 88.3 Å². The Morgan fingerprint density at radius 3 is 2.60 bits per heavy atom. The normalized spacial score (nSPS) is 13.9. The molecule has 1 aromatic heterocycles. The van der Waals surface area contributed by atoms with Gasteiger partial charge in [-0.3, -0.25) is 0 Å². The number of rotatable bonds is 7. The second-order valence-corrected chi connectivity index (χ2v) is 5.64. The van der Waals surface area contributed by atoms with Crippen molar-refractivity contribution in [2.45, 2.75) is 19.4 Å². The van der Waals surface area contributed by atoms with Gasteiger partial charge in [-0.1, -0.05) is 0 Å². The Morgan fingerprint density at radius 2 is 2.00 bits per heavy atom. The van der Waals surface area contributed by atoms with Crippen LogP contribution in [0.3, 0.4) is 0 Å². The summed E-state index contributed by atoms with van der Waals surface area (Å²) < 4.78 is 15.8. The van der Waals surface area contributed by atoms with E-state index in [1.807, 2.05) is 25.1 Å². The zero-order valence-electron chi connectivity index (χ0n) is 15.0. The molecule has 3 N–H and O–H groups in total. The van der Waals surface area contributed by atoms with Crippen LogP contribution < -0.4 is 20.1 Å². The van der Waals surface area contributed by atoms with Gasteiger partial charge in [-0.2, -0.15) is 0 Å². The van der Waals surface area contributed by atoms with Gasteiger partial charge >= 0.3 is 0 Å². The molecule has 0 aliphatic carbocycles. The average molecular weight is 347 g/mol. The molecule has 1 atom stereocenters. The Kier molecular flexibility index (Phi) is 6.30. The molecule has 0 bridgehead atoms. The van der Waals surface area contributed by atoms with E-state index in [4.69, 9.17) is 13.9 Å². The van der Waals surface area contributed by atoms with Crippen molar-refractivity contribution < 1.29 is 19.0 Å². The van der Waals surface area contributed by atoms with E-state index in [9.17, 15) is 5.11 Å². The van der Waals surface area contributed by atoms with Gasteiger partial charge in [0.1, 0.15) is 11.4 Å². The van der Waals surface area contributed by atoms with Gasteiger partial charge in [-0.05, 0) is 38.1 Å². The third kappa shape index (κ3) is 4.90. The number of benzene rings is 1. The first-order chi connectivity index (χ1) is 12.0. The third-order valence-corrected chi connectivity index (χ3v) is 3.59. The van der Waals surface area contributed by atoms with Crippen LogP contribution in [0.2, 0.25) is 0 Å². The fourth-order valence-electron chi connectivity index (χ4n) is 2.25. The highest BCUT2D eigenvalue weighted by molar-refractivity contribution is 5.94. The predicted octanol–water partition coefficient (Wildman–Crippen LogP) is 2.58. The molecule has 0 saturated carbocycles. The highest BCUT2D eigenvalue weighted by Gasteiger charge is 2.26. The summed E-state index contributed by atoms with van der Waals surface area (Å²) in [4.78, 5) is 4.45. The summed E-state index contributed by atoms with van der Waals surface area (Å²) >= 11 is 0. The quantitative estimate of drug-likeness (QED) is 0.527. The maximum absolute atomic E-state index is 10.5. The first-order valence-corrected chi connectivity index (χ1v) is 8.04. The number of furan rings is 1. The van der Waals surface area contributed by atoms with Crippen molar-refractivity contribution in [1.29, 1.82) is 0 Å². The van der Waals surface area contributed by atoms with Crippen molar-refractivity contribution in [3.8, 4) is 11.5 Å². The van der Waals surface area contributed by atoms with Gasteiger partial charge in [-0.15, -0.1) is 0 Å². The molecule has 25 heavy (non-hydrogen) atoms. The molecule has 0 amide bonds. The van der Waals surface area contributed by atoms with Crippen LogP contribution in [0.1, 0.15) is 19.6 Å². The van der Waals surface area contributed by atoms with Gasteiger partial charge in [0.15, 0.2) is 17.5 Å². The van der Waals surface area contributed by atoms with Crippen LogP contribution in [-0.4, -0.2) is 38.4 Å². The zero-order valence-corrected chi connectivity index (χ0v) is 15.0. The van der Waals surface area contributed by atoms with Gasteiger partial charge in [0, 0.05) is 18.3 Å². The minimum Gasteiger partial charge on any atom is -0.493 e. The van der Waals surface area contributed by atoms with Crippen LogP contribution >= 0.6 is 0 Å². The van der Waals surface area contributed by atoms with E-state index < -0.39 is 5.60 Å². The van der Waals surface area contributed by atoms with Gasteiger partial charge in [0.2, 0.25) is 0 Å². The second-order valence-electron chi connectivity index (χ2n) is 5.64. The number of nitrogens with zero attached hydrogens (tertiary/aromatic N) is 1. The Morgan fingerprint density at radius 1 is 1.24 bits per heavy atom. The van der Waals surface area contributed by atoms with E-state index in [0.29, 0.717) is 29.8 Å². The lowest BCUT2D eigenvalue weighted by Crippen LogP contribution is -2.33. The minimum absolute atomic E-state index is 0.142. The second kappa shape index (κ2) is 8.43. The zero-order chi connectivity index (χ0) is 18.3. The van der Waals surface area contributed by atoms with Crippen molar-refractivity contribution in [1.82, 2.24) is 5.32 Å². The average Bonchev–Trinajstić information content (AvgIpc) is 3.15. The standard InChI is InChI=1S/C18H25N3O4/c1-5-19-17(20-12-18(2,22)16-7-6-10-25-16)21-13-8-9-14(23-3)15(11-13)24-4/h6-11,22H,5,12H2,1-4H3,(H2,19,20,21). The van der Waals surface area contributed by atoms with Gasteiger partial charge < -0.3 is 29.6 Å². The summed E-state index contributed by atoms with van der Waals surface area (Å²) in [6.07, 6.45) is 1.53.